The molecule has 1 saturated heterocycles. The van der Waals surface area contributed by atoms with Crippen LogP contribution in [-0.4, -0.2) is 74.5 Å². The number of aliphatic imine (C=N–C) groups is 1. The molecule has 3 aromatic heterocycles. The van der Waals surface area contributed by atoms with Gasteiger partial charge in [-0.15, -0.1) is 0 Å². The molecule has 2 fully saturated rings. The summed E-state index contributed by atoms with van der Waals surface area (Å²) in [5.41, 5.74) is 1.45. The van der Waals surface area contributed by atoms with Gasteiger partial charge in [0.25, 0.3) is 5.91 Å². The molecule has 0 aromatic carbocycles. The van der Waals surface area contributed by atoms with Gasteiger partial charge in [0, 0.05) is 48.4 Å². The molecule has 36 heavy (non-hydrogen) atoms. The molecule has 3 aromatic rings. The number of fused-ring (bicyclic) bond motifs is 1. The Bertz CT molecular complexity index is 1240. The van der Waals surface area contributed by atoms with Crippen LogP contribution in [0.1, 0.15) is 62.3 Å². The summed E-state index contributed by atoms with van der Waals surface area (Å²) in [5.74, 6) is 1.44. The summed E-state index contributed by atoms with van der Waals surface area (Å²) in [7, 11) is 0. The highest BCUT2D eigenvalue weighted by Crippen LogP contribution is 2.38. The lowest BCUT2D eigenvalue weighted by Crippen LogP contribution is -2.42. The molecular weight excluding hydrogens is 458 g/mol. The van der Waals surface area contributed by atoms with E-state index in [0.717, 1.165) is 55.6 Å². The molecule has 4 heterocycles. The minimum absolute atomic E-state index is 0.0674. The van der Waals surface area contributed by atoms with Gasteiger partial charge in [0.2, 0.25) is 11.8 Å². The molecule has 1 saturated carbocycles. The molecule has 11 nitrogen and oxygen atoms in total. The fourth-order valence-electron chi connectivity index (χ4n) is 4.68. The quantitative estimate of drug-likeness (QED) is 0.460. The van der Waals surface area contributed by atoms with Crippen LogP contribution in [0, 0.1) is 11.8 Å². The normalized spacial score (nSPS) is 20.4. The van der Waals surface area contributed by atoms with E-state index in [1.807, 2.05) is 26.8 Å². The number of aromatic amines is 1. The molecule has 2 aliphatic rings. The van der Waals surface area contributed by atoms with E-state index in [2.05, 4.69) is 58.1 Å². The zero-order chi connectivity index (χ0) is 25.3. The molecule has 11 heteroatoms. The minimum Gasteiger partial charge on any atom is -0.463 e. The van der Waals surface area contributed by atoms with Crippen LogP contribution in [-0.2, 0) is 0 Å². The Hall–Kier alpha value is -3.63. The van der Waals surface area contributed by atoms with Gasteiger partial charge in [-0.2, -0.15) is 20.1 Å². The van der Waals surface area contributed by atoms with Crippen molar-refractivity contribution >= 4 is 29.6 Å². The minimum atomic E-state index is -0.413. The number of hydrogen-bond donors (Lipinski definition) is 2. The Balaban J connectivity index is 1.31. The number of amides is 1. The lowest BCUT2D eigenvalue weighted by atomic mass is 9.92. The molecular formula is C25H33N9O2. The number of rotatable bonds is 8. The van der Waals surface area contributed by atoms with Crippen molar-refractivity contribution in [3.63, 3.8) is 0 Å². The van der Waals surface area contributed by atoms with Crippen molar-refractivity contribution in [2.45, 2.75) is 51.5 Å². The van der Waals surface area contributed by atoms with E-state index in [1.165, 1.54) is 0 Å². The first-order chi connectivity index (χ1) is 17.3. The van der Waals surface area contributed by atoms with Gasteiger partial charge >= 0.3 is 6.01 Å². The van der Waals surface area contributed by atoms with Crippen LogP contribution < -0.4 is 15.0 Å². The summed E-state index contributed by atoms with van der Waals surface area (Å²) in [6.45, 7) is 12.1. The number of H-pyrrole nitrogens is 1. The van der Waals surface area contributed by atoms with E-state index in [-0.39, 0.29) is 17.7 Å². The lowest BCUT2D eigenvalue weighted by molar-refractivity contribution is 0.0906. The average Bonchev–Trinajstić information content (AvgIpc) is 3.46. The van der Waals surface area contributed by atoms with Crippen molar-refractivity contribution in [3.8, 4) is 6.01 Å². The molecule has 0 unspecified atom stereocenters. The number of pyridine rings is 1. The van der Waals surface area contributed by atoms with Crippen molar-refractivity contribution in [1.29, 1.82) is 0 Å². The Morgan fingerprint density at radius 3 is 2.81 bits per heavy atom. The summed E-state index contributed by atoms with van der Waals surface area (Å²) in [5, 5.41) is 11.5. The number of nitrogens with zero attached hydrogens (tertiary/aromatic N) is 7. The van der Waals surface area contributed by atoms with E-state index in [0.29, 0.717) is 30.3 Å². The number of piperidine rings is 1. The summed E-state index contributed by atoms with van der Waals surface area (Å²) < 4.78 is 5.94. The highest BCUT2D eigenvalue weighted by Gasteiger charge is 2.37. The second-order valence-corrected chi connectivity index (χ2v) is 10.7. The van der Waals surface area contributed by atoms with E-state index in [4.69, 9.17) is 4.74 Å². The standard InChI is InChI=1S/C25H33N9O2/c1-25(2,3)31-22(35)21-28-23(30-24(29-21)36-14-17-12-16(17)13-26-4)34-10-7-15(8-11-34)19-18-6-5-9-27-20(18)33-32-19/h5-6,9,15-17H,4,7-8,10-14H2,1-3H3,(H,31,35)(H,27,32,33)/t16-,17+/m0/s1. The van der Waals surface area contributed by atoms with Crippen LogP contribution in [0.2, 0.25) is 0 Å². The topological polar surface area (TPSA) is 134 Å². The van der Waals surface area contributed by atoms with Crippen LogP contribution in [0.3, 0.4) is 0 Å². The number of carbonyl (C=O) groups is 1. The van der Waals surface area contributed by atoms with Crippen LogP contribution in [0.4, 0.5) is 5.95 Å². The van der Waals surface area contributed by atoms with Crippen LogP contribution in [0.15, 0.2) is 23.3 Å². The van der Waals surface area contributed by atoms with Gasteiger partial charge in [-0.1, -0.05) is 0 Å². The summed E-state index contributed by atoms with van der Waals surface area (Å²) in [6.07, 6.45) is 4.61. The SMILES string of the molecule is C=NC[C@@H]1C[C@@H]1COc1nc(C(=O)NC(C)(C)C)nc(N2CCC(c3[nH]nc4ncccc34)CC2)n1. The molecule has 2 atom stereocenters. The van der Waals surface area contributed by atoms with Gasteiger partial charge in [0.05, 0.1) is 6.61 Å². The van der Waals surface area contributed by atoms with Crippen LogP contribution in [0.5, 0.6) is 6.01 Å². The first-order valence-corrected chi connectivity index (χ1v) is 12.5. The number of ether oxygens (including phenoxy) is 1. The van der Waals surface area contributed by atoms with Gasteiger partial charge in [0.15, 0.2) is 5.65 Å². The predicted octanol–water partition coefficient (Wildman–Crippen LogP) is 2.77. The monoisotopic (exact) mass is 491 g/mol. The number of hydrogen-bond acceptors (Lipinski definition) is 9. The molecule has 1 amide bonds. The van der Waals surface area contributed by atoms with E-state index < -0.39 is 5.54 Å². The average molecular weight is 492 g/mol. The maximum atomic E-state index is 12.9. The van der Waals surface area contributed by atoms with Crippen molar-refractivity contribution in [2.75, 3.05) is 31.1 Å². The zero-order valence-corrected chi connectivity index (χ0v) is 21.1. The smallest absolute Gasteiger partial charge is 0.321 e. The Morgan fingerprint density at radius 1 is 1.25 bits per heavy atom. The van der Waals surface area contributed by atoms with Gasteiger partial charge in [-0.25, -0.2) is 4.98 Å². The Morgan fingerprint density at radius 2 is 2.06 bits per heavy atom. The Labute approximate surface area is 210 Å². The highest BCUT2D eigenvalue weighted by atomic mass is 16.5. The predicted molar refractivity (Wildman–Crippen MR) is 137 cm³/mol. The molecule has 0 spiro atoms. The molecule has 0 bridgehead atoms. The molecule has 1 aliphatic heterocycles. The Kier molecular flexibility index (Phi) is 6.55. The van der Waals surface area contributed by atoms with Gasteiger partial charge < -0.3 is 19.9 Å². The van der Waals surface area contributed by atoms with Crippen molar-refractivity contribution in [3.05, 3.63) is 29.8 Å². The van der Waals surface area contributed by atoms with Gasteiger partial charge in [-0.05, 0) is 70.7 Å². The first kappa shape index (κ1) is 24.1. The molecule has 1 aliphatic carbocycles. The van der Waals surface area contributed by atoms with E-state index in [1.54, 1.807) is 6.20 Å². The molecule has 190 valence electrons. The number of aromatic nitrogens is 6. The second kappa shape index (κ2) is 9.79. The van der Waals surface area contributed by atoms with Gasteiger partial charge in [0.1, 0.15) is 0 Å². The largest absolute Gasteiger partial charge is 0.463 e. The zero-order valence-electron chi connectivity index (χ0n) is 21.1. The summed E-state index contributed by atoms with van der Waals surface area (Å²) in [6, 6.07) is 4.17. The molecule has 0 radical (unpaired) electrons. The summed E-state index contributed by atoms with van der Waals surface area (Å²) in [4.78, 5) is 36.7. The third kappa shape index (κ3) is 5.44. The first-order valence-electron chi connectivity index (χ1n) is 12.5. The highest BCUT2D eigenvalue weighted by molar-refractivity contribution is 5.91. The second-order valence-electron chi connectivity index (χ2n) is 10.7. The van der Waals surface area contributed by atoms with Crippen molar-refractivity contribution in [2.24, 2.45) is 16.8 Å². The fraction of sp³-hybridized carbons (Fsp3) is 0.560. The number of carbonyl (C=O) groups excluding carboxylic acids is 1. The maximum absolute atomic E-state index is 12.9. The maximum Gasteiger partial charge on any atom is 0.321 e. The van der Waals surface area contributed by atoms with E-state index >= 15 is 0 Å². The van der Waals surface area contributed by atoms with Crippen molar-refractivity contribution < 1.29 is 9.53 Å². The lowest BCUT2D eigenvalue weighted by Gasteiger charge is -2.31. The van der Waals surface area contributed by atoms with E-state index in [9.17, 15) is 4.79 Å². The molecule has 2 N–H and O–H groups in total. The third-order valence-electron chi connectivity index (χ3n) is 6.70. The number of nitrogens with one attached hydrogen (secondary N) is 2. The van der Waals surface area contributed by atoms with Crippen molar-refractivity contribution in [1.82, 2.24) is 35.5 Å². The third-order valence-corrected chi connectivity index (χ3v) is 6.70. The van der Waals surface area contributed by atoms with Gasteiger partial charge in [-0.3, -0.25) is 9.89 Å². The van der Waals surface area contributed by atoms with Crippen LogP contribution in [0.25, 0.3) is 11.0 Å². The summed E-state index contributed by atoms with van der Waals surface area (Å²) >= 11 is 0. The van der Waals surface area contributed by atoms with Crippen LogP contribution >= 0.6 is 0 Å². The molecule has 5 rings (SSSR count). The fourth-order valence-corrected chi connectivity index (χ4v) is 4.68. The number of anilines is 1.